The van der Waals surface area contributed by atoms with Gasteiger partial charge in [0.25, 0.3) is 11.5 Å². The first-order valence-electron chi connectivity index (χ1n) is 7.76. The highest BCUT2D eigenvalue weighted by molar-refractivity contribution is 5.93. The van der Waals surface area contributed by atoms with Crippen LogP contribution in [-0.4, -0.2) is 21.3 Å². The quantitative estimate of drug-likeness (QED) is 0.892. The molecule has 0 saturated heterocycles. The van der Waals surface area contributed by atoms with Crippen molar-refractivity contribution in [2.24, 2.45) is 5.92 Å². The lowest BCUT2D eigenvalue weighted by atomic mass is 10.0. The summed E-state index contributed by atoms with van der Waals surface area (Å²) in [5.41, 5.74) is 0.283. The summed E-state index contributed by atoms with van der Waals surface area (Å²) in [7, 11) is 0. The number of amides is 1. The molecular formula is C17H23N3O2. The molecule has 0 bridgehead atoms. The summed E-state index contributed by atoms with van der Waals surface area (Å²) < 4.78 is 1.39. The van der Waals surface area contributed by atoms with E-state index in [-0.39, 0.29) is 23.1 Å². The fourth-order valence-corrected chi connectivity index (χ4v) is 2.39. The minimum Gasteiger partial charge on any atom is -0.349 e. The Kier molecular flexibility index (Phi) is 5.31. The van der Waals surface area contributed by atoms with Gasteiger partial charge in [-0.2, -0.15) is 0 Å². The second-order valence-corrected chi connectivity index (χ2v) is 6.11. The van der Waals surface area contributed by atoms with Gasteiger partial charge in [-0.15, -0.1) is 0 Å². The van der Waals surface area contributed by atoms with Gasteiger partial charge in [-0.05, 0) is 31.4 Å². The number of carbonyl (C=O) groups excluding carboxylic acids is 1. The first kappa shape index (κ1) is 16.2. The van der Waals surface area contributed by atoms with Crippen LogP contribution in [0.15, 0.2) is 35.4 Å². The first-order chi connectivity index (χ1) is 10.5. The maximum Gasteiger partial charge on any atom is 0.270 e. The Labute approximate surface area is 130 Å². The van der Waals surface area contributed by atoms with Crippen LogP contribution in [0.1, 0.15) is 50.4 Å². The van der Waals surface area contributed by atoms with Crippen LogP contribution in [0, 0.1) is 5.92 Å². The summed E-state index contributed by atoms with van der Waals surface area (Å²) in [6, 6.07) is 5.32. The molecule has 2 rings (SSSR count). The Morgan fingerprint density at radius 1 is 1.27 bits per heavy atom. The van der Waals surface area contributed by atoms with Crippen LogP contribution in [0.3, 0.4) is 0 Å². The van der Waals surface area contributed by atoms with Crippen molar-refractivity contribution in [2.75, 3.05) is 0 Å². The molecule has 0 saturated carbocycles. The number of fused-ring (bicyclic) bond motifs is 1. The van der Waals surface area contributed by atoms with Crippen molar-refractivity contribution in [1.29, 1.82) is 0 Å². The van der Waals surface area contributed by atoms with Crippen molar-refractivity contribution < 1.29 is 4.79 Å². The Morgan fingerprint density at radius 3 is 2.77 bits per heavy atom. The van der Waals surface area contributed by atoms with E-state index < -0.39 is 0 Å². The van der Waals surface area contributed by atoms with Crippen LogP contribution in [0.2, 0.25) is 0 Å². The molecule has 0 aromatic carbocycles. The normalized spacial score (nSPS) is 12.5. The number of nitrogens with one attached hydrogen (secondary N) is 1. The topological polar surface area (TPSA) is 63.5 Å². The fourth-order valence-electron chi connectivity index (χ4n) is 2.39. The zero-order valence-electron chi connectivity index (χ0n) is 13.4. The zero-order valence-corrected chi connectivity index (χ0v) is 13.4. The highest BCUT2D eigenvalue weighted by atomic mass is 16.2. The lowest BCUT2D eigenvalue weighted by Gasteiger charge is -2.14. The van der Waals surface area contributed by atoms with Gasteiger partial charge >= 0.3 is 0 Å². The molecule has 0 fully saturated rings. The van der Waals surface area contributed by atoms with Crippen LogP contribution in [0.4, 0.5) is 0 Å². The van der Waals surface area contributed by atoms with E-state index in [1.807, 2.05) is 6.92 Å². The van der Waals surface area contributed by atoms with E-state index in [2.05, 4.69) is 24.1 Å². The number of carbonyl (C=O) groups is 1. The Morgan fingerprint density at radius 2 is 2.05 bits per heavy atom. The molecular weight excluding hydrogens is 278 g/mol. The van der Waals surface area contributed by atoms with Gasteiger partial charge in [0.2, 0.25) is 0 Å². The highest BCUT2D eigenvalue weighted by Crippen LogP contribution is 2.08. The van der Waals surface area contributed by atoms with Crippen molar-refractivity contribution in [1.82, 2.24) is 14.7 Å². The van der Waals surface area contributed by atoms with Crippen molar-refractivity contribution in [3.05, 3.63) is 46.5 Å². The van der Waals surface area contributed by atoms with Crippen molar-refractivity contribution in [2.45, 2.75) is 46.1 Å². The third-order valence-corrected chi connectivity index (χ3v) is 3.65. The van der Waals surface area contributed by atoms with Gasteiger partial charge in [0, 0.05) is 18.4 Å². The van der Waals surface area contributed by atoms with E-state index >= 15 is 0 Å². The maximum absolute atomic E-state index is 12.3. The van der Waals surface area contributed by atoms with E-state index in [9.17, 15) is 9.59 Å². The van der Waals surface area contributed by atoms with E-state index in [0.29, 0.717) is 11.6 Å². The molecule has 0 spiro atoms. The summed E-state index contributed by atoms with van der Waals surface area (Å²) in [5, 5.41) is 2.88. The van der Waals surface area contributed by atoms with Crippen molar-refractivity contribution >= 4 is 11.6 Å². The zero-order chi connectivity index (χ0) is 16.1. The molecule has 1 atom stereocenters. The minimum atomic E-state index is -0.354. The van der Waals surface area contributed by atoms with E-state index in [1.165, 1.54) is 10.6 Å². The van der Waals surface area contributed by atoms with Gasteiger partial charge < -0.3 is 5.32 Å². The lowest BCUT2D eigenvalue weighted by molar-refractivity contribution is 0.0935. The number of pyridine rings is 1. The average molecular weight is 301 g/mol. The van der Waals surface area contributed by atoms with Gasteiger partial charge in [-0.25, -0.2) is 4.98 Å². The van der Waals surface area contributed by atoms with E-state index in [0.717, 1.165) is 19.3 Å². The lowest BCUT2D eigenvalue weighted by Crippen LogP contribution is -2.36. The molecule has 0 radical (unpaired) electrons. The van der Waals surface area contributed by atoms with Gasteiger partial charge in [-0.3, -0.25) is 14.0 Å². The number of nitrogens with zero attached hydrogens (tertiary/aromatic N) is 2. The van der Waals surface area contributed by atoms with Gasteiger partial charge in [-0.1, -0.05) is 32.8 Å². The predicted molar refractivity (Wildman–Crippen MR) is 87.1 cm³/mol. The fraction of sp³-hybridized carbons (Fsp3) is 0.471. The van der Waals surface area contributed by atoms with Gasteiger partial charge in [0.1, 0.15) is 11.2 Å². The Balaban J connectivity index is 2.07. The smallest absolute Gasteiger partial charge is 0.270 e. The monoisotopic (exact) mass is 301 g/mol. The standard InChI is InChI=1S/C17H23N3O2/c1-12(2)7-6-8-13(3)19-16(21)14-11-18-15-9-4-5-10-20(15)17(14)22/h4-5,9-13H,6-8H2,1-3H3,(H,19,21). The molecule has 2 aromatic heterocycles. The highest BCUT2D eigenvalue weighted by Gasteiger charge is 2.15. The van der Waals surface area contributed by atoms with Crippen LogP contribution in [0.5, 0.6) is 0 Å². The third-order valence-electron chi connectivity index (χ3n) is 3.65. The second-order valence-electron chi connectivity index (χ2n) is 6.11. The van der Waals surface area contributed by atoms with Crippen LogP contribution >= 0.6 is 0 Å². The molecule has 5 heteroatoms. The van der Waals surface area contributed by atoms with E-state index in [4.69, 9.17) is 0 Å². The predicted octanol–water partition coefficient (Wildman–Crippen LogP) is 2.64. The van der Waals surface area contributed by atoms with Crippen molar-refractivity contribution in [3.63, 3.8) is 0 Å². The minimum absolute atomic E-state index is 0.0436. The molecule has 0 aliphatic carbocycles. The number of rotatable bonds is 6. The molecule has 5 nitrogen and oxygen atoms in total. The summed E-state index contributed by atoms with van der Waals surface area (Å²) in [4.78, 5) is 28.7. The summed E-state index contributed by atoms with van der Waals surface area (Å²) in [5.74, 6) is 0.310. The van der Waals surface area contributed by atoms with Crippen LogP contribution in [-0.2, 0) is 0 Å². The number of hydrogen-bond acceptors (Lipinski definition) is 3. The van der Waals surface area contributed by atoms with Gasteiger partial charge in [0.05, 0.1) is 0 Å². The SMILES string of the molecule is CC(C)CCCC(C)NC(=O)c1cnc2ccccn2c1=O. The third kappa shape index (κ3) is 3.93. The number of aromatic nitrogens is 2. The van der Waals surface area contributed by atoms with Crippen LogP contribution < -0.4 is 10.9 Å². The molecule has 1 unspecified atom stereocenters. The molecule has 0 aliphatic heterocycles. The summed E-state index contributed by atoms with van der Waals surface area (Å²) in [6.45, 7) is 6.33. The van der Waals surface area contributed by atoms with Crippen LogP contribution in [0.25, 0.3) is 5.65 Å². The Hall–Kier alpha value is -2.17. The largest absolute Gasteiger partial charge is 0.349 e. The summed E-state index contributed by atoms with van der Waals surface area (Å²) >= 11 is 0. The second kappa shape index (κ2) is 7.20. The molecule has 2 aromatic rings. The molecule has 1 amide bonds. The molecule has 118 valence electrons. The van der Waals surface area contributed by atoms with Crippen molar-refractivity contribution in [3.8, 4) is 0 Å². The molecule has 22 heavy (non-hydrogen) atoms. The molecule has 2 heterocycles. The molecule has 1 N–H and O–H groups in total. The maximum atomic E-state index is 12.3. The van der Waals surface area contributed by atoms with Gasteiger partial charge in [0.15, 0.2) is 0 Å². The summed E-state index contributed by atoms with van der Waals surface area (Å²) in [6.07, 6.45) is 6.09. The molecule has 0 aliphatic rings. The van der Waals surface area contributed by atoms with E-state index in [1.54, 1.807) is 24.4 Å². The number of hydrogen-bond donors (Lipinski definition) is 1. The first-order valence-corrected chi connectivity index (χ1v) is 7.76. The average Bonchev–Trinajstić information content (AvgIpc) is 2.47. The Bertz CT molecular complexity index is 706.